The van der Waals surface area contributed by atoms with Crippen LogP contribution in [0, 0.1) is 0 Å². The predicted molar refractivity (Wildman–Crippen MR) is 67.1 cm³/mol. The molecule has 1 aliphatic rings. The molecule has 4 heteroatoms. The Kier molecular flexibility index (Phi) is 3.61. The third kappa shape index (κ3) is 2.71. The number of nitrogens with two attached hydrogens (primary N) is 1. The number of halogens is 1. The van der Waals surface area contributed by atoms with Gasteiger partial charge in [-0.3, -0.25) is 0 Å². The summed E-state index contributed by atoms with van der Waals surface area (Å²) in [5.74, 6) is 0. The van der Waals surface area contributed by atoms with Crippen molar-refractivity contribution in [2.75, 3.05) is 31.1 Å². The first-order valence-corrected chi connectivity index (χ1v) is 6.04. The fraction of sp³-hybridized carbons (Fsp3) is 0.455. The van der Waals surface area contributed by atoms with Crippen LogP contribution in [0.5, 0.6) is 0 Å². The third-order valence-electron chi connectivity index (χ3n) is 2.66. The van der Waals surface area contributed by atoms with Crippen molar-refractivity contribution in [3.8, 4) is 0 Å². The fourth-order valence-corrected chi connectivity index (χ4v) is 2.39. The van der Waals surface area contributed by atoms with E-state index in [1.165, 1.54) is 11.3 Å². The van der Waals surface area contributed by atoms with Gasteiger partial charge in [-0.25, -0.2) is 0 Å². The first-order chi connectivity index (χ1) is 7.29. The molecule has 0 atom stereocenters. The summed E-state index contributed by atoms with van der Waals surface area (Å²) in [6, 6.07) is 6.41. The lowest BCUT2D eigenvalue weighted by Crippen LogP contribution is -2.43. The molecule has 0 amide bonds. The Morgan fingerprint density at radius 3 is 2.67 bits per heavy atom. The number of rotatable bonds is 2. The van der Waals surface area contributed by atoms with E-state index in [-0.39, 0.29) is 0 Å². The van der Waals surface area contributed by atoms with Crippen LogP contribution in [-0.4, -0.2) is 26.2 Å². The highest BCUT2D eigenvalue weighted by atomic mass is 79.9. The summed E-state index contributed by atoms with van der Waals surface area (Å²) >= 11 is 3.52. The fourth-order valence-electron chi connectivity index (χ4n) is 1.86. The summed E-state index contributed by atoms with van der Waals surface area (Å²) in [5.41, 5.74) is 8.11. The number of hydrogen-bond donors (Lipinski definition) is 2. The molecule has 0 radical (unpaired) electrons. The van der Waals surface area contributed by atoms with Gasteiger partial charge in [-0.15, -0.1) is 0 Å². The minimum absolute atomic E-state index is 0.596. The van der Waals surface area contributed by atoms with Gasteiger partial charge in [-0.05, 0) is 23.8 Å². The average Bonchev–Trinajstić information content (AvgIpc) is 2.29. The van der Waals surface area contributed by atoms with E-state index in [4.69, 9.17) is 5.73 Å². The van der Waals surface area contributed by atoms with Gasteiger partial charge in [0.05, 0.1) is 0 Å². The van der Waals surface area contributed by atoms with Crippen LogP contribution in [0.3, 0.4) is 0 Å². The Morgan fingerprint density at radius 1 is 1.27 bits per heavy atom. The molecule has 15 heavy (non-hydrogen) atoms. The van der Waals surface area contributed by atoms with Gasteiger partial charge in [0.15, 0.2) is 0 Å². The SMILES string of the molecule is NCc1cc(Br)cc(N2CCNCC2)c1. The number of nitrogens with zero attached hydrogens (tertiary/aromatic N) is 1. The third-order valence-corrected chi connectivity index (χ3v) is 3.12. The van der Waals surface area contributed by atoms with Crippen molar-refractivity contribution in [3.63, 3.8) is 0 Å². The molecular weight excluding hydrogens is 254 g/mol. The second-order valence-electron chi connectivity index (χ2n) is 3.76. The quantitative estimate of drug-likeness (QED) is 0.851. The number of hydrogen-bond acceptors (Lipinski definition) is 3. The molecular formula is C11H16BrN3. The normalized spacial score (nSPS) is 16.8. The maximum atomic E-state index is 5.67. The number of benzene rings is 1. The maximum Gasteiger partial charge on any atom is 0.0381 e. The van der Waals surface area contributed by atoms with Crippen LogP contribution in [0.25, 0.3) is 0 Å². The van der Waals surface area contributed by atoms with Gasteiger partial charge < -0.3 is 16.0 Å². The van der Waals surface area contributed by atoms with Gasteiger partial charge in [0.1, 0.15) is 0 Å². The first kappa shape index (κ1) is 10.9. The van der Waals surface area contributed by atoms with Gasteiger partial charge in [0, 0.05) is 42.9 Å². The molecule has 1 aromatic carbocycles. The van der Waals surface area contributed by atoms with E-state index in [0.29, 0.717) is 6.54 Å². The van der Waals surface area contributed by atoms with E-state index in [1.807, 2.05) is 0 Å². The smallest absolute Gasteiger partial charge is 0.0381 e. The Morgan fingerprint density at radius 2 is 2.00 bits per heavy atom. The Hall–Kier alpha value is -0.580. The zero-order valence-corrected chi connectivity index (χ0v) is 10.3. The van der Waals surface area contributed by atoms with Gasteiger partial charge >= 0.3 is 0 Å². The van der Waals surface area contributed by atoms with Crippen LogP contribution in [0.4, 0.5) is 5.69 Å². The average molecular weight is 270 g/mol. The lowest BCUT2D eigenvalue weighted by molar-refractivity contribution is 0.589. The van der Waals surface area contributed by atoms with Crippen LogP contribution in [0.2, 0.25) is 0 Å². The van der Waals surface area contributed by atoms with E-state index in [1.54, 1.807) is 0 Å². The van der Waals surface area contributed by atoms with E-state index < -0.39 is 0 Å². The molecule has 2 rings (SSSR count). The number of piperazine rings is 1. The largest absolute Gasteiger partial charge is 0.369 e. The summed E-state index contributed by atoms with van der Waals surface area (Å²) in [5, 5.41) is 3.35. The molecule has 1 saturated heterocycles. The second kappa shape index (κ2) is 4.96. The van der Waals surface area contributed by atoms with Gasteiger partial charge in [-0.1, -0.05) is 15.9 Å². The minimum Gasteiger partial charge on any atom is -0.369 e. The summed E-state index contributed by atoms with van der Waals surface area (Å²) in [7, 11) is 0. The molecule has 1 heterocycles. The second-order valence-corrected chi connectivity index (χ2v) is 4.67. The summed E-state index contributed by atoms with van der Waals surface area (Å²) < 4.78 is 1.11. The molecule has 3 N–H and O–H groups in total. The van der Waals surface area contributed by atoms with Gasteiger partial charge in [0.2, 0.25) is 0 Å². The van der Waals surface area contributed by atoms with Crippen molar-refractivity contribution < 1.29 is 0 Å². The van der Waals surface area contributed by atoms with Crippen molar-refractivity contribution in [1.82, 2.24) is 5.32 Å². The number of nitrogens with one attached hydrogen (secondary N) is 1. The topological polar surface area (TPSA) is 41.3 Å². The van der Waals surface area contributed by atoms with Crippen LogP contribution in [0.15, 0.2) is 22.7 Å². The van der Waals surface area contributed by atoms with Crippen LogP contribution in [-0.2, 0) is 6.54 Å². The Labute approximate surface area is 98.8 Å². The molecule has 0 spiro atoms. The van der Waals surface area contributed by atoms with Crippen LogP contribution in [0.1, 0.15) is 5.56 Å². The van der Waals surface area contributed by atoms with Gasteiger partial charge in [0.25, 0.3) is 0 Å². The first-order valence-electron chi connectivity index (χ1n) is 5.25. The van der Waals surface area contributed by atoms with Crippen molar-refractivity contribution in [3.05, 3.63) is 28.2 Å². The van der Waals surface area contributed by atoms with Crippen molar-refractivity contribution >= 4 is 21.6 Å². The van der Waals surface area contributed by atoms with E-state index >= 15 is 0 Å². The number of anilines is 1. The monoisotopic (exact) mass is 269 g/mol. The van der Waals surface area contributed by atoms with Gasteiger partial charge in [-0.2, -0.15) is 0 Å². The molecule has 82 valence electrons. The zero-order chi connectivity index (χ0) is 10.7. The standard InChI is InChI=1S/C11H16BrN3/c12-10-5-9(8-13)6-11(7-10)15-3-1-14-2-4-15/h5-7,14H,1-4,8,13H2. The molecule has 1 fully saturated rings. The molecule has 3 nitrogen and oxygen atoms in total. The van der Waals surface area contributed by atoms with Crippen molar-refractivity contribution in [2.24, 2.45) is 5.73 Å². The molecule has 0 aromatic heterocycles. The molecule has 0 bridgehead atoms. The van der Waals surface area contributed by atoms with Crippen LogP contribution < -0.4 is 16.0 Å². The highest BCUT2D eigenvalue weighted by Gasteiger charge is 2.11. The van der Waals surface area contributed by atoms with E-state index in [0.717, 1.165) is 30.7 Å². The molecule has 0 saturated carbocycles. The molecule has 1 aromatic rings. The lowest BCUT2D eigenvalue weighted by atomic mass is 10.2. The highest BCUT2D eigenvalue weighted by molar-refractivity contribution is 9.10. The molecule has 0 unspecified atom stereocenters. The van der Waals surface area contributed by atoms with Crippen molar-refractivity contribution in [1.29, 1.82) is 0 Å². The predicted octanol–water partition coefficient (Wildman–Crippen LogP) is 1.32. The molecule has 0 aliphatic carbocycles. The zero-order valence-electron chi connectivity index (χ0n) is 8.67. The minimum atomic E-state index is 0.596. The van der Waals surface area contributed by atoms with E-state index in [9.17, 15) is 0 Å². The van der Waals surface area contributed by atoms with Crippen molar-refractivity contribution in [2.45, 2.75) is 6.54 Å². The lowest BCUT2D eigenvalue weighted by Gasteiger charge is -2.30. The Bertz CT molecular complexity index is 335. The van der Waals surface area contributed by atoms with Crippen LogP contribution >= 0.6 is 15.9 Å². The Balaban J connectivity index is 2.22. The summed E-state index contributed by atoms with van der Waals surface area (Å²) in [6.07, 6.45) is 0. The highest BCUT2D eigenvalue weighted by Crippen LogP contribution is 2.23. The summed E-state index contributed by atoms with van der Waals surface area (Å²) in [6.45, 7) is 4.86. The molecule has 1 aliphatic heterocycles. The van der Waals surface area contributed by atoms with E-state index in [2.05, 4.69) is 44.3 Å². The summed E-state index contributed by atoms with van der Waals surface area (Å²) in [4.78, 5) is 2.39. The maximum absolute atomic E-state index is 5.67.